The van der Waals surface area contributed by atoms with Gasteiger partial charge in [0.25, 0.3) is 5.91 Å². The molecule has 11 heteroatoms. The van der Waals surface area contributed by atoms with Gasteiger partial charge >= 0.3 is 0 Å². The monoisotopic (exact) mass is 526 g/mol. The van der Waals surface area contributed by atoms with Gasteiger partial charge in [0.1, 0.15) is 22.8 Å². The molecule has 1 aliphatic heterocycles. The molecule has 4 aliphatic rings. The number of amides is 1. The molecule has 1 aromatic carbocycles. The molecule has 1 saturated carbocycles. The zero-order chi connectivity index (χ0) is 27.7. The summed E-state index contributed by atoms with van der Waals surface area (Å²) in [6, 6.07) is 2.03. The SMILES string of the molecule is CN(C)[C@H]1C(=O)C(C(N)=O)=C(O)[C@]2(O)C(=O)C3=C(O)c4c(ccc(CN5CCCCC5)c4O)[CH][C@@H]3[C@@H](O)[C@H]12. The summed E-state index contributed by atoms with van der Waals surface area (Å²) in [6.07, 6.45) is 3.10. The number of Topliss-reactive ketones (excluding diaryl/α,β-unsaturated/α-hetero) is 2. The van der Waals surface area contributed by atoms with E-state index >= 15 is 0 Å². The molecule has 38 heavy (non-hydrogen) atoms. The fourth-order valence-electron chi connectivity index (χ4n) is 6.54. The second-order valence-electron chi connectivity index (χ2n) is 10.8. The Morgan fingerprint density at radius 1 is 1.13 bits per heavy atom. The van der Waals surface area contributed by atoms with Crippen LogP contribution in [0.5, 0.6) is 5.75 Å². The minimum Gasteiger partial charge on any atom is -0.508 e. The Bertz CT molecular complexity index is 1300. The first kappa shape index (κ1) is 26.4. The number of fused-ring (bicyclic) bond motifs is 3. The fraction of sp³-hybridized carbons (Fsp3) is 0.481. The number of carbonyl (C=O) groups excluding carboxylic acids is 3. The second kappa shape index (κ2) is 9.19. The molecule has 1 saturated heterocycles. The van der Waals surface area contributed by atoms with Gasteiger partial charge in [-0.2, -0.15) is 0 Å². The third-order valence-corrected chi connectivity index (χ3v) is 8.39. The number of hydrogen-bond acceptors (Lipinski definition) is 10. The van der Waals surface area contributed by atoms with E-state index in [4.69, 9.17) is 5.73 Å². The highest BCUT2D eigenvalue weighted by atomic mass is 16.4. The molecule has 1 heterocycles. The maximum atomic E-state index is 13.9. The van der Waals surface area contributed by atoms with Gasteiger partial charge in [0, 0.05) is 30.0 Å². The van der Waals surface area contributed by atoms with Crippen LogP contribution in [0, 0.1) is 18.3 Å². The summed E-state index contributed by atoms with van der Waals surface area (Å²) in [5.74, 6) is -8.33. The van der Waals surface area contributed by atoms with Crippen molar-refractivity contribution in [3.8, 4) is 5.75 Å². The van der Waals surface area contributed by atoms with Gasteiger partial charge < -0.3 is 31.3 Å². The van der Waals surface area contributed by atoms with Crippen LogP contribution in [-0.2, 0) is 20.9 Å². The number of carbonyl (C=O) groups is 3. The molecule has 203 valence electrons. The van der Waals surface area contributed by atoms with Crippen LogP contribution in [0.25, 0.3) is 5.76 Å². The molecule has 1 radical (unpaired) electrons. The van der Waals surface area contributed by atoms with E-state index in [1.807, 2.05) is 0 Å². The van der Waals surface area contributed by atoms with Crippen molar-refractivity contribution in [2.75, 3.05) is 27.2 Å². The van der Waals surface area contributed by atoms with E-state index in [1.165, 1.54) is 25.4 Å². The lowest BCUT2D eigenvalue weighted by Crippen LogP contribution is -2.70. The highest BCUT2D eigenvalue weighted by Crippen LogP contribution is 2.53. The fourth-order valence-corrected chi connectivity index (χ4v) is 6.54. The third-order valence-electron chi connectivity index (χ3n) is 8.39. The van der Waals surface area contributed by atoms with Crippen molar-refractivity contribution in [3.63, 3.8) is 0 Å². The Kier molecular flexibility index (Phi) is 6.38. The molecule has 3 aliphatic carbocycles. The molecule has 0 bridgehead atoms. The van der Waals surface area contributed by atoms with E-state index in [-0.39, 0.29) is 11.3 Å². The van der Waals surface area contributed by atoms with Crippen LogP contribution in [-0.4, -0.2) is 97.7 Å². The summed E-state index contributed by atoms with van der Waals surface area (Å²) >= 11 is 0. The van der Waals surface area contributed by atoms with Crippen molar-refractivity contribution in [1.82, 2.24) is 9.80 Å². The van der Waals surface area contributed by atoms with Gasteiger partial charge in [-0.05, 0) is 45.6 Å². The lowest BCUT2D eigenvalue weighted by atomic mass is 9.56. The van der Waals surface area contributed by atoms with Crippen LogP contribution < -0.4 is 5.73 Å². The lowest BCUT2D eigenvalue weighted by molar-refractivity contribution is -0.167. The number of aliphatic hydroxyl groups is 4. The normalized spacial score (nSPS) is 31.8. The molecule has 11 nitrogen and oxygen atoms in total. The molecular weight excluding hydrogens is 494 g/mol. The molecule has 5 rings (SSSR count). The Balaban J connectivity index is 1.66. The van der Waals surface area contributed by atoms with Gasteiger partial charge in [0.2, 0.25) is 5.78 Å². The van der Waals surface area contributed by atoms with Crippen LogP contribution in [0.15, 0.2) is 29.0 Å². The summed E-state index contributed by atoms with van der Waals surface area (Å²) < 4.78 is 0. The molecular formula is C27H32N3O8. The topological polar surface area (TPSA) is 185 Å². The number of phenolic OH excluding ortho intramolecular Hbond substituents is 1. The molecule has 5 atom stereocenters. The number of nitrogens with two attached hydrogens (primary N) is 1. The van der Waals surface area contributed by atoms with Crippen molar-refractivity contribution in [3.05, 3.63) is 52.1 Å². The van der Waals surface area contributed by atoms with Gasteiger partial charge in [-0.3, -0.25) is 24.2 Å². The summed E-state index contributed by atoms with van der Waals surface area (Å²) in [6.45, 7) is 2.18. The van der Waals surface area contributed by atoms with Crippen molar-refractivity contribution in [2.45, 2.75) is 43.6 Å². The maximum Gasteiger partial charge on any atom is 0.255 e. The minimum atomic E-state index is -2.92. The van der Waals surface area contributed by atoms with Crippen LogP contribution >= 0.6 is 0 Å². The molecule has 1 aromatic rings. The van der Waals surface area contributed by atoms with Crippen LogP contribution in [0.4, 0.5) is 0 Å². The van der Waals surface area contributed by atoms with Crippen LogP contribution in [0.2, 0.25) is 0 Å². The summed E-state index contributed by atoms with van der Waals surface area (Å²) in [4.78, 5) is 42.6. The average Bonchev–Trinajstić information content (AvgIpc) is 2.86. The highest BCUT2D eigenvalue weighted by Gasteiger charge is 2.67. The molecule has 2 fully saturated rings. The van der Waals surface area contributed by atoms with Crippen molar-refractivity contribution in [2.24, 2.45) is 17.6 Å². The van der Waals surface area contributed by atoms with Gasteiger partial charge in [-0.1, -0.05) is 18.6 Å². The quantitative estimate of drug-likeness (QED) is 0.290. The number of rotatable bonds is 4. The van der Waals surface area contributed by atoms with Crippen molar-refractivity contribution < 1.29 is 39.9 Å². The number of phenols is 1. The zero-order valence-corrected chi connectivity index (χ0v) is 21.2. The third kappa shape index (κ3) is 3.60. The van der Waals surface area contributed by atoms with Crippen molar-refractivity contribution in [1.29, 1.82) is 0 Å². The van der Waals surface area contributed by atoms with E-state index < -0.39 is 69.7 Å². The van der Waals surface area contributed by atoms with Gasteiger partial charge in [-0.15, -0.1) is 0 Å². The number of primary amides is 1. The summed E-state index contributed by atoms with van der Waals surface area (Å²) in [5.41, 5.74) is 1.92. The number of ketones is 2. The molecule has 1 amide bonds. The van der Waals surface area contributed by atoms with E-state index in [0.29, 0.717) is 17.7 Å². The number of likely N-dealkylation sites (N-methyl/N-ethyl adjacent to an activating group) is 1. The average molecular weight is 527 g/mol. The Labute approximate surface area is 219 Å². The van der Waals surface area contributed by atoms with E-state index in [2.05, 4.69) is 4.90 Å². The number of aromatic hydroxyl groups is 1. The first-order valence-electron chi connectivity index (χ1n) is 12.7. The first-order chi connectivity index (χ1) is 17.9. The van der Waals surface area contributed by atoms with E-state index in [1.54, 1.807) is 12.1 Å². The number of hydrogen-bond donors (Lipinski definition) is 6. The van der Waals surface area contributed by atoms with Crippen molar-refractivity contribution >= 4 is 23.2 Å². The first-order valence-corrected chi connectivity index (χ1v) is 12.7. The summed E-state index contributed by atoms with van der Waals surface area (Å²) in [5, 5.41) is 56.5. The standard InChI is InChI=1S/C27H32N3O8/c1-29(2)19-18-21(32)14-10-12-6-7-13(11-30-8-4-3-5-9-30)20(31)15(12)22(33)16(14)24(35)27(18,38)25(36)17(23(19)34)26(28)37/h6-7,10,14,18-19,21,31-33,36,38H,3-5,8-9,11H2,1-2H3,(H2,28,37)/t14-,18-,19+,21+,27+/m0/s1. The largest absolute Gasteiger partial charge is 0.508 e. The smallest absolute Gasteiger partial charge is 0.255 e. The predicted octanol–water partition coefficient (Wildman–Crippen LogP) is -0.0694. The Morgan fingerprint density at radius 3 is 2.39 bits per heavy atom. The predicted molar refractivity (Wildman–Crippen MR) is 134 cm³/mol. The number of aliphatic hydroxyl groups excluding tert-OH is 3. The number of likely N-dealkylation sites (tertiary alicyclic amines) is 1. The van der Waals surface area contributed by atoms with E-state index in [9.17, 15) is 39.9 Å². The zero-order valence-electron chi connectivity index (χ0n) is 21.2. The Hall–Kier alpha value is -3.25. The number of nitrogens with zero attached hydrogens (tertiary/aromatic N) is 2. The molecule has 7 N–H and O–H groups in total. The maximum absolute atomic E-state index is 13.9. The highest BCUT2D eigenvalue weighted by molar-refractivity contribution is 6.24. The van der Waals surface area contributed by atoms with Crippen LogP contribution in [0.3, 0.4) is 0 Å². The number of piperidine rings is 1. The second-order valence-corrected chi connectivity index (χ2v) is 10.8. The molecule has 0 spiro atoms. The van der Waals surface area contributed by atoms with E-state index in [0.717, 1.165) is 32.4 Å². The van der Waals surface area contributed by atoms with Crippen LogP contribution in [0.1, 0.15) is 36.0 Å². The molecule has 0 unspecified atom stereocenters. The lowest BCUT2D eigenvalue weighted by Gasteiger charge is -2.52. The minimum absolute atomic E-state index is 0.0250. The van der Waals surface area contributed by atoms with Gasteiger partial charge in [0.05, 0.1) is 23.6 Å². The summed E-state index contributed by atoms with van der Waals surface area (Å²) in [7, 11) is 2.93. The Morgan fingerprint density at radius 2 is 1.79 bits per heavy atom. The number of benzene rings is 1. The molecule has 0 aromatic heterocycles. The van der Waals surface area contributed by atoms with Gasteiger partial charge in [0.15, 0.2) is 11.4 Å². The van der Waals surface area contributed by atoms with Gasteiger partial charge in [-0.25, -0.2) is 0 Å².